The van der Waals surface area contributed by atoms with Gasteiger partial charge in [-0.3, -0.25) is 14.7 Å². The van der Waals surface area contributed by atoms with Gasteiger partial charge in [0.1, 0.15) is 5.69 Å². The van der Waals surface area contributed by atoms with E-state index in [9.17, 15) is 9.59 Å². The second kappa shape index (κ2) is 7.21. The van der Waals surface area contributed by atoms with Gasteiger partial charge in [0.05, 0.1) is 12.5 Å². The molecule has 7 heteroatoms. The number of hydrogen-bond donors (Lipinski definition) is 2. The lowest BCUT2D eigenvalue weighted by Crippen LogP contribution is -2.39. The molecule has 2 heterocycles. The van der Waals surface area contributed by atoms with Crippen molar-refractivity contribution in [1.82, 2.24) is 15.1 Å². The fraction of sp³-hybridized carbons (Fsp3) is 0.643. The number of nitrogens with one attached hydrogen (secondary N) is 1. The van der Waals surface area contributed by atoms with Crippen LogP contribution in [0.15, 0.2) is 6.07 Å². The minimum Gasteiger partial charge on any atom is -0.481 e. The minimum absolute atomic E-state index is 0.00710. The van der Waals surface area contributed by atoms with Gasteiger partial charge in [-0.25, -0.2) is 0 Å². The molecule has 1 amide bonds. The van der Waals surface area contributed by atoms with Crippen LogP contribution in [0.5, 0.6) is 0 Å². The highest BCUT2D eigenvalue weighted by Crippen LogP contribution is 2.15. The molecular formula is C14H21N3O4. The normalized spacial score (nSPS) is 17.9. The van der Waals surface area contributed by atoms with Gasteiger partial charge in [0.25, 0.3) is 5.91 Å². The number of rotatable bonds is 7. The molecule has 116 valence electrons. The van der Waals surface area contributed by atoms with Crippen LogP contribution in [-0.2, 0) is 16.0 Å². The molecule has 1 aromatic rings. The van der Waals surface area contributed by atoms with E-state index in [1.54, 1.807) is 6.07 Å². The van der Waals surface area contributed by atoms with E-state index in [0.29, 0.717) is 18.8 Å². The van der Waals surface area contributed by atoms with E-state index in [1.807, 2.05) is 6.92 Å². The van der Waals surface area contributed by atoms with Gasteiger partial charge in [-0.15, -0.1) is 0 Å². The number of carbonyl (C=O) groups is 2. The largest absolute Gasteiger partial charge is 0.481 e. The SMILES string of the molecule is CCc1cc(C(=O)N(CCC(=O)O)C[C@H]2CCCO2)n[nH]1. The van der Waals surface area contributed by atoms with Crippen molar-refractivity contribution >= 4 is 11.9 Å². The molecule has 1 fully saturated rings. The number of amides is 1. The zero-order chi connectivity index (χ0) is 15.2. The average Bonchev–Trinajstić information content (AvgIpc) is 3.13. The highest BCUT2D eigenvalue weighted by molar-refractivity contribution is 5.92. The van der Waals surface area contributed by atoms with Crippen LogP contribution in [0.4, 0.5) is 0 Å². The highest BCUT2D eigenvalue weighted by atomic mass is 16.5. The van der Waals surface area contributed by atoms with Crippen molar-refractivity contribution in [1.29, 1.82) is 0 Å². The second-order valence-corrected chi connectivity index (χ2v) is 5.16. The molecule has 0 unspecified atom stereocenters. The van der Waals surface area contributed by atoms with Crippen LogP contribution in [0, 0.1) is 0 Å². The highest BCUT2D eigenvalue weighted by Gasteiger charge is 2.25. The van der Waals surface area contributed by atoms with E-state index >= 15 is 0 Å². The monoisotopic (exact) mass is 295 g/mol. The Bertz CT molecular complexity index is 494. The third-order valence-electron chi connectivity index (χ3n) is 3.56. The van der Waals surface area contributed by atoms with Gasteiger partial charge in [-0.1, -0.05) is 6.92 Å². The molecule has 0 bridgehead atoms. The Labute approximate surface area is 123 Å². The Morgan fingerprint density at radius 2 is 2.38 bits per heavy atom. The van der Waals surface area contributed by atoms with Gasteiger partial charge < -0.3 is 14.7 Å². The number of hydrogen-bond acceptors (Lipinski definition) is 4. The number of aromatic nitrogens is 2. The third-order valence-corrected chi connectivity index (χ3v) is 3.56. The van der Waals surface area contributed by atoms with Gasteiger partial charge in [0, 0.05) is 25.4 Å². The number of carboxylic acid groups (broad SMARTS) is 1. The summed E-state index contributed by atoms with van der Waals surface area (Å²) in [4.78, 5) is 24.8. The summed E-state index contributed by atoms with van der Waals surface area (Å²) in [7, 11) is 0. The van der Waals surface area contributed by atoms with E-state index in [-0.39, 0.29) is 25.0 Å². The molecule has 1 aliphatic rings. The predicted octanol–water partition coefficient (Wildman–Crippen LogP) is 1.07. The van der Waals surface area contributed by atoms with Crippen molar-refractivity contribution in [2.24, 2.45) is 0 Å². The fourth-order valence-electron chi connectivity index (χ4n) is 2.35. The summed E-state index contributed by atoms with van der Waals surface area (Å²) in [6.45, 7) is 3.26. The Hall–Kier alpha value is -1.89. The third kappa shape index (κ3) is 4.29. The van der Waals surface area contributed by atoms with Crippen molar-refractivity contribution in [3.05, 3.63) is 17.5 Å². The minimum atomic E-state index is -0.920. The lowest BCUT2D eigenvalue weighted by molar-refractivity contribution is -0.137. The van der Waals surface area contributed by atoms with Gasteiger partial charge in [-0.05, 0) is 25.3 Å². The standard InChI is InChI=1S/C14H21N3O4/c1-2-10-8-12(16-15-10)14(20)17(6-5-13(18)19)9-11-4-3-7-21-11/h8,11H,2-7,9H2,1H3,(H,15,16)(H,18,19)/t11-/m1/s1. The summed E-state index contributed by atoms with van der Waals surface area (Å²) in [6, 6.07) is 1.71. The van der Waals surface area contributed by atoms with E-state index in [4.69, 9.17) is 9.84 Å². The van der Waals surface area contributed by atoms with Crippen molar-refractivity contribution in [2.45, 2.75) is 38.7 Å². The average molecular weight is 295 g/mol. The first kappa shape index (κ1) is 15.5. The van der Waals surface area contributed by atoms with Crippen molar-refractivity contribution in [3.8, 4) is 0 Å². The Balaban J connectivity index is 2.04. The summed E-state index contributed by atoms with van der Waals surface area (Å²) in [5, 5.41) is 15.6. The van der Waals surface area contributed by atoms with Gasteiger partial charge in [0.2, 0.25) is 0 Å². The van der Waals surface area contributed by atoms with E-state index in [0.717, 1.165) is 25.0 Å². The van der Waals surface area contributed by atoms with Crippen molar-refractivity contribution in [3.63, 3.8) is 0 Å². The number of aryl methyl sites for hydroxylation is 1. The van der Waals surface area contributed by atoms with Crippen LogP contribution in [0.2, 0.25) is 0 Å². The molecule has 2 N–H and O–H groups in total. The summed E-state index contributed by atoms with van der Waals surface area (Å²) >= 11 is 0. The number of ether oxygens (including phenoxy) is 1. The molecule has 21 heavy (non-hydrogen) atoms. The van der Waals surface area contributed by atoms with Crippen LogP contribution < -0.4 is 0 Å². The molecule has 0 radical (unpaired) electrons. The zero-order valence-corrected chi connectivity index (χ0v) is 12.2. The maximum absolute atomic E-state index is 12.5. The molecule has 0 aromatic carbocycles. The van der Waals surface area contributed by atoms with Crippen molar-refractivity contribution in [2.75, 3.05) is 19.7 Å². The molecule has 1 aliphatic heterocycles. The number of carboxylic acids is 1. The number of H-pyrrole nitrogens is 1. The van der Waals surface area contributed by atoms with Gasteiger partial charge >= 0.3 is 5.97 Å². The second-order valence-electron chi connectivity index (χ2n) is 5.16. The number of aliphatic carboxylic acids is 1. The van der Waals surface area contributed by atoms with Crippen LogP contribution in [0.3, 0.4) is 0 Å². The Kier molecular flexibility index (Phi) is 5.32. The van der Waals surface area contributed by atoms with Crippen LogP contribution in [0.1, 0.15) is 42.4 Å². The first-order valence-electron chi connectivity index (χ1n) is 7.27. The maximum atomic E-state index is 12.5. The maximum Gasteiger partial charge on any atom is 0.305 e. The summed E-state index contributed by atoms with van der Waals surface area (Å²) < 4.78 is 5.53. The zero-order valence-electron chi connectivity index (χ0n) is 12.2. The van der Waals surface area contributed by atoms with Gasteiger partial charge in [-0.2, -0.15) is 5.10 Å². The molecule has 2 rings (SSSR count). The lowest BCUT2D eigenvalue weighted by Gasteiger charge is -2.24. The van der Waals surface area contributed by atoms with E-state index in [1.165, 1.54) is 4.90 Å². The van der Waals surface area contributed by atoms with Crippen molar-refractivity contribution < 1.29 is 19.4 Å². The molecule has 0 aliphatic carbocycles. The quantitative estimate of drug-likeness (QED) is 0.784. The summed E-state index contributed by atoms with van der Waals surface area (Å²) in [6.07, 6.45) is 2.56. The fourth-order valence-corrected chi connectivity index (χ4v) is 2.35. The van der Waals surface area contributed by atoms with Crippen LogP contribution in [-0.4, -0.2) is 57.9 Å². The van der Waals surface area contributed by atoms with Crippen LogP contribution in [0.25, 0.3) is 0 Å². The molecule has 0 spiro atoms. The van der Waals surface area contributed by atoms with Gasteiger partial charge in [0.15, 0.2) is 0 Å². The molecule has 7 nitrogen and oxygen atoms in total. The Morgan fingerprint density at radius 1 is 1.57 bits per heavy atom. The molecule has 0 saturated carbocycles. The van der Waals surface area contributed by atoms with E-state index in [2.05, 4.69) is 10.2 Å². The van der Waals surface area contributed by atoms with E-state index < -0.39 is 5.97 Å². The number of aromatic amines is 1. The lowest BCUT2D eigenvalue weighted by atomic mass is 10.2. The number of carbonyl (C=O) groups excluding carboxylic acids is 1. The molecule has 1 atom stereocenters. The molecule has 1 saturated heterocycles. The summed E-state index contributed by atoms with van der Waals surface area (Å²) in [5.74, 6) is -1.17. The molecule has 1 aromatic heterocycles. The topological polar surface area (TPSA) is 95.5 Å². The number of nitrogens with zero attached hydrogens (tertiary/aromatic N) is 2. The molecular weight excluding hydrogens is 274 g/mol. The summed E-state index contributed by atoms with van der Waals surface area (Å²) in [5.41, 5.74) is 1.21. The first-order chi connectivity index (χ1) is 10.1. The smallest absolute Gasteiger partial charge is 0.305 e. The predicted molar refractivity (Wildman–Crippen MR) is 75.1 cm³/mol. The Morgan fingerprint density at radius 3 is 2.95 bits per heavy atom. The van der Waals surface area contributed by atoms with Crippen LogP contribution >= 0.6 is 0 Å². The first-order valence-corrected chi connectivity index (χ1v) is 7.27.